The number of aromatic nitrogens is 3. The van der Waals surface area contributed by atoms with Gasteiger partial charge >= 0.3 is 0 Å². The van der Waals surface area contributed by atoms with E-state index in [4.69, 9.17) is 0 Å². The van der Waals surface area contributed by atoms with E-state index >= 15 is 0 Å². The predicted molar refractivity (Wildman–Crippen MR) is 80.1 cm³/mol. The van der Waals surface area contributed by atoms with Gasteiger partial charge in [0.2, 0.25) is 0 Å². The Morgan fingerprint density at radius 1 is 1.26 bits per heavy atom. The van der Waals surface area contributed by atoms with E-state index in [1.807, 2.05) is 37.5 Å². The van der Waals surface area contributed by atoms with Gasteiger partial charge in [-0.15, -0.1) is 0 Å². The van der Waals surface area contributed by atoms with Crippen molar-refractivity contribution in [3.63, 3.8) is 0 Å². The molecule has 0 saturated carbocycles. The Morgan fingerprint density at radius 3 is 2.95 bits per heavy atom. The van der Waals surface area contributed by atoms with Crippen molar-refractivity contribution in [2.45, 2.75) is 13.5 Å². The van der Waals surface area contributed by atoms with Crippen LogP contribution in [0.15, 0.2) is 41.1 Å². The van der Waals surface area contributed by atoms with Crippen molar-refractivity contribution in [2.75, 3.05) is 5.32 Å². The summed E-state index contributed by atoms with van der Waals surface area (Å²) in [4.78, 5) is 4.41. The normalized spacial score (nSPS) is 10.8. The zero-order chi connectivity index (χ0) is 13.2. The van der Waals surface area contributed by atoms with Gasteiger partial charge < -0.3 is 5.32 Å². The van der Waals surface area contributed by atoms with Gasteiger partial charge in [0.1, 0.15) is 5.82 Å². The van der Waals surface area contributed by atoms with Crippen LogP contribution in [-0.4, -0.2) is 15.2 Å². The number of benzene rings is 1. The summed E-state index contributed by atoms with van der Waals surface area (Å²) in [5.41, 5.74) is 2.22. The van der Waals surface area contributed by atoms with E-state index in [1.54, 1.807) is 0 Å². The third-order valence-electron chi connectivity index (χ3n) is 3.13. The third-order valence-corrected chi connectivity index (χ3v) is 3.82. The molecule has 0 aliphatic carbocycles. The number of rotatable bonds is 3. The number of anilines is 1. The second-order valence-corrected chi connectivity index (χ2v) is 5.22. The first-order valence-corrected chi connectivity index (χ1v) is 6.81. The van der Waals surface area contributed by atoms with E-state index in [2.05, 4.69) is 42.5 Å². The number of pyridine rings is 1. The second kappa shape index (κ2) is 5.01. The van der Waals surface area contributed by atoms with E-state index in [9.17, 15) is 0 Å². The molecule has 0 amide bonds. The third kappa shape index (κ3) is 2.33. The quantitative estimate of drug-likeness (QED) is 0.775. The van der Waals surface area contributed by atoms with Crippen LogP contribution in [0, 0.1) is 6.92 Å². The first-order chi connectivity index (χ1) is 9.25. The summed E-state index contributed by atoms with van der Waals surface area (Å²) in [6.45, 7) is 2.72. The lowest BCUT2D eigenvalue weighted by Gasteiger charge is -2.09. The molecule has 5 heteroatoms. The molecule has 0 unspecified atom stereocenters. The summed E-state index contributed by atoms with van der Waals surface area (Å²) in [7, 11) is 0. The highest BCUT2D eigenvalue weighted by atomic mass is 79.9. The Morgan fingerprint density at radius 2 is 2.16 bits per heavy atom. The van der Waals surface area contributed by atoms with Crippen molar-refractivity contribution < 1.29 is 0 Å². The molecule has 4 nitrogen and oxygen atoms in total. The molecule has 0 aliphatic rings. The highest BCUT2D eigenvalue weighted by Crippen LogP contribution is 2.27. The van der Waals surface area contributed by atoms with Crippen LogP contribution in [0.1, 0.15) is 11.3 Å². The summed E-state index contributed by atoms with van der Waals surface area (Å²) in [5, 5.41) is 12.6. The molecule has 2 N–H and O–H groups in total. The topological polar surface area (TPSA) is 53.6 Å². The summed E-state index contributed by atoms with van der Waals surface area (Å²) < 4.78 is 1.08. The Kier molecular flexibility index (Phi) is 3.21. The number of aromatic amines is 1. The number of aryl methyl sites for hydroxylation is 1. The van der Waals surface area contributed by atoms with Crippen molar-refractivity contribution in [2.24, 2.45) is 0 Å². The molecule has 2 heterocycles. The number of halogens is 1. The Labute approximate surface area is 119 Å². The van der Waals surface area contributed by atoms with Crippen molar-refractivity contribution in [3.05, 3.63) is 52.4 Å². The van der Waals surface area contributed by atoms with Crippen LogP contribution in [0.3, 0.4) is 0 Å². The van der Waals surface area contributed by atoms with Gasteiger partial charge in [-0.05, 0) is 19.1 Å². The molecule has 0 spiro atoms. The zero-order valence-electron chi connectivity index (χ0n) is 10.4. The maximum absolute atomic E-state index is 4.41. The van der Waals surface area contributed by atoms with Gasteiger partial charge in [0.05, 0.1) is 6.20 Å². The molecule has 0 aliphatic heterocycles. The minimum Gasteiger partial charge on any atom is -0.365 e. The Hall–Kier alpha value is -1.88. The van der Waals surface area contributed by atoms with Gasteiger partial charge in [0, 0.05) is 39.2 Å². The van der Waals surface area contributed by atoms with Crippen molar-refractivity contribution in [1.82, 2.24) is 15.2 Å². The van der Waals surface area contributed by atoms with Gasteiger partial charge in [-0.1, -0.05) is 28.1 Å². The molecular formula is C14H13BrN4. The van der Waals surface area contributed by atoms with E-state index < -0.39 is 0 Å². The SMILES string of the molecule is Cc1[nH]ncc1CNc1nccc2c(Br)cccc12. The van der Waals surface area contributed by atoms with E-state index in [0.717, 1.165) is 32.3 Å². The van der Waals surface area contributed by atoms with Crippen LogP contribution in [0.2, 0.25) is 0 Å². The monoisotopic (exact) mass is 316 g/mol. The lowest BCUT2D eigenvalue weighted by Crippen LogP contribution is -2.02. The summed E-state index contributed by atoms with van der Waals surface area (Å²) in [6.07, 6.45) is 3.65. The van der Waals surface area contributed by atoms with Gasteiger partial charge in [0.15, 0.2) is 0 Å². The predicted octanol–water partition coefficient (Wildman–Crippen LogP) is 3.64. The first kappa shape index (κ1) is 12.2. The van der Waals surface area contributed by atoms with Crippen molar-refractivity contribution in [1.29, 1.82) is 0 Å². The fraction of sp³-hybridized carbons (Fsp3) is 0.143. The Bertz CT molecular complexity index is 720. The second-order valence-electron chi connectivity index (χ2n) is 4.37. The molecule has 0 atom stereocenters. The average Bonchev–Trinajstić information content (AvgIpc) is 2.82. The fourth-order valence-electron chi connectivity index (χ4n) is 2.04. The van der Waals surface area contributed by atoms with Crippen LogP contribution in [0.25, 0.3) is 10.8 Å². The van der Waals surface area contributed by atoms with Gasteiger partial charge in [-0.25, -0.2) is 4.98 Å². The molecule has 0 fully saturated rings. The average molecular weight is 317 g/mol. The number of fused-ring (bicyclic) bond motifs is 1. The standard InChI is InChI=1S/C14H13BrN4/c1-9-10(8-18-19-9)7-17-14-12-3-2-4-13(15)11(12)5-6-16-14/h2-6,8H,7H2,1H3,(H,16,17)(H,18,19). The minimum absolute atomic E-state index is 0.709. The van der Waals surface area contributed by atoms with Gasteiger partial charge in [-0.3, -0.25) is 5.10 Å². The lowest BCUT2D eigenvalue weighted by molar-refractivity contribution is 1.04. The van der Waals surface area contributed by atoms with Gasteiger partial charge in [-0.2, -0.15) is 5.10 Å². The van der Waals surface area contributed by atoms with Crippen LogP contribution in [-0.2, 0) is 6.54 Å². The lowest BCUT2D eigenvalue weighted by atomic mass is 10.1. The molecule has 19 heavy (non-hydrogen) atoms. The molecule has 3 rings (SSSR count). The summed E-state index contributed by atoms with van der Waals surface area (Å²) in [6, 6.07) is 8.13. The summed E-state index contributed by atoms with van der Waals surface area (Å²) in [5.74, 6) is 0.888. The first-order valence-electron chi connectivity index (χ1n) is 6.01. The fourth-order valence-corrected chi connectivity index (χ4v) is 2.54. The number of nitrogens with one attached hydrogen (secondary N) is 2. The summed E-state index contributed by atoms with van der Waals surface area (Å²) >= 11 is 3.56. The highest BCUT2D eigenvalue weighted by Gasteiger charge is 2.05. The Balaban J connectivity index is 1.93. The van der Waals surface area contributed by atoms with E-state index in [-0.39, 0.29) is 0 Å². The largest absolute Gasteiger partial charge is 0.365 e. The molecule has 0 radical (unpaired) electrons. The number of hydrogen-bond donors (Lipinski definition) is 2. The molecular weight excluding hydrogens is 304 g/mol. The molecule has 96 valence electrons. The van der Waals surface area contributed by atoms with Gasteiger partial charge in [0.25, 0.3) is 0 Å². The maximum atomic E-state index is 4.41. The van der Waals surface area contributed by atoms with Crippen LogP contribution in [0.5, 0.6) is 0 Å². The highest BCUT2D eigenvalue weighted by molar-refractivity contribution is 9.10. The molecule has 1 aromatic carbocycles. The minimum atomic E-state index is 0.709. The number of nitrogens with zero attached hydrogens (tertiary/aromatic N) is 2. The molecule has 0 bridgehead atoms. The van der Waals surface area contributed by atoms with Crippen LogP contribution < -0.4 is 5.32 Å². The number of H-pyrrole nitrogens is 1. The van der Waals surface area contributed by atoms with Crippen molar-refractivity contribution in [3.8, 4) is 0 Å². The van der Waals surface area contributed by atoms with Crippen LogP contribution >= 0.6 is 15.9 Å². The molecule has 0 saturated heterocycles. The molecule has 2 aromatic heterocycles. The maximum Gasteiger partial charge on any atom is 0.134 e. The van der Waals surface area contributed by atoms with Crippen molar-refractivity contribution >= 4 is 32.5 Å². The van der Waals surface area contributed by atoms with Crippen LogP contribution in [0.4, 0.5) is 5.82 Å². The molecule has 3 aromatic rings. The zero-order valence-corrected chi connectivity index (χ0v) is 12.0. The van der Waals surface area contributed by atoms with E-state index in [1.165, 1.54) is 0 Å². The smallest absolute Gasteiger partial charge is 0.134 e. The van der Waals surface area contributed by atoms with E-state index in [0.29, 0.717) is 6.54 Å². The number of hydrogen-bond acceptors (Lipinski definition) is 3.